The molecule has 144 valence electrons. The smallest absolute Gasteiger partial charge is 0.277 e. The molecule has 0 N–H and O–H groups in total. The molecule has 0 aliphatic rings. The lowest BCUT2D eigenvalue weighted by Gasteiger charge is -2.16. The van der Waals surface area contributed by atoms with E-state index in [2.05, 4.69) is 6.92 Å². The lowest BCUT2D eigenvalue weighted by atomic mass is 9.92. The van der Waals surface area contributed by atoms with Gasteiger partial charge in [0.05, 0.1) is 24.2 Å². The lowest BCUT2D eigenvalue weighted by molar-refractivity contribution is -0.384. The number of benzene rings is 3. The van der Waals surface area contributed by atoms with E-state index >= 15 is 0 Å². The van der Waals surface area contributed by atoms with Gasteiger partial charge in [0.15, 0.2) is 0 Å². The normalized spacial score (nSPS) is 10.5. The first kappa shape index (κ1) is 19.4. The quantitative estimate of drug-likeness (QED) is 0.270. The summed E-state index contributed by atoms with van der Waals surface area (Å²) < 4.78 is 11.3. The van der Waals surface area contributed by atoms with Gasteiger partial charge >= 0.3 is 0 Å². The van der Waals surface area contributed by atoms with Crippen molar-refractivity contribution < 1.29 is 14.4 Å². The summed E-state index contributed by atoms with van der Waals surface area (Å²) in [6.45, 7) is 2.63. The van der Waals surface area contributed by atoms with Crippen LogP contribution in [0.5, 0.6) is 11.5 Å². The summed E-state index contributed by atoms with van der Waals surface area (Å²) in [5, 5.41) is 11.8. The molecule has 0 saturated heterocycles. The van der Waals surface area contributed by atoms with Crippen molar-refractivity contribution in [3.8, 4) is 33.8 Å². The highest BCUT2D eigenvalue weighted by atomic mass is 16.6. The molecule has 0 aliphatic heterocycles. The summed E-state index contributed by atoms with van der Waals surface area (Å²) in [6.07, 6.45) is 1.90. The molecule has 0 fully saturated rings. The Bertz CT molecular complexity index is 954. The molecule has 0 aliphatic carbocycles. The Labute approximate surface area is 164 Å². The average molecular weight is 377 g/mol. The first-order valence-corrected chi connectivity index (χ1v) is 9.29. The monoisotopic (exact) mass is 377 g/mol. The number of unbranched alkanes of at least 4 members (excludes halogenated alkanes) is 1. The number of ether oxygens (including phenoxy) is 2. The molecule has 0 amide bonds. The van der Waals surface area contributed by atoms with E-state index in [1.165, 1.54) is 6.07 Å². The third-order valence-corrected chi connectivity index (χ3v) is 4.54. The number of nitro benzene ring substituents is 1. The maximum absolute atomic E-state index is 11.8. The Morgan fingerprint density at radius 1 is 0.964 bits per heavy atom. The third kappa shape index (κ3) is 4.14. The molecule has 0 bridgehead atoms. The Hall–Kier alpha value is -3.34. The van der Waals surface area contributed by atoms with Gasteiger partial charge in [0.1, 0.15) is 11.5 Å². The van der Waals surface area contributed by atoms with Crippen LogP contribution in [0.1, 0.15) is 19.8 Å². The van der Waals surface area contributed by atoms with Crippen LogP contribution in [0.4, 0.5) is 5.69 Å². The fourth-order valence-electron chi connectivity index (χ4n) is 3.12. The zero-order chi connectivity index (χ0) is 19.9. The second-order valence-electron chi connectivity index (χ2n) is 6.39. The van der Waals surface area contributed by atoms with Gasteiger partial charge in [-0.05, 0) is 29.7 Å². The van der Waals surface area contributed by atoms with Gasteiger partial charge in [-0.2, -0.15) is 0 Å². The molecule has 3 rings (SSSR count). The number of hydrogen-bond acceptors (Lipinski definition) is 4. The molecule has 0 saturated carbocycles. The van der Waals surface area contributed by atoms with E-state index in [1.54, 1.807) is 25.3 Å². The minimum absolute atomic E-state index is 0.0480. The Balaban J connectivity index is 2.23. The van der Waals surface area contributed by atoms with Crippen molar-refractivity contribution in [3.05, 3.63) is 76.8 Å². The summed E-state index contributed by atoms with van der Waals surface area (Å²) in [7, 11) is 1.59. The van der Waals surface area contributed by atoms with Crippen molar-refractivity contribution in [3.63, 3.8) is 0 Å². The van der Waals surface area contributed by atoms with Crippen LogP contribution in [0.15, 0.2) is 66.7 Å². The molecule has 0 radical (unpaired) electrons. The van der Waals surface area contributed by atoms with E-state index in [1.807, 2.05) is 42.5 Å². The van der Waals surface area contributed by atoms with Gasteiger partial charge in [-0.1, -0.05) is 55.8 Å². The fourth-order valence-corrected chi connectivity index (χ4v) is 3.12. The predicted octanol–water partition coefficient (Wildman–Crippen LogP) is 6.12. The SMILES string of the molecule is CCCCOc1cc(OC)ccc1-c1c(-c2ccccc2)cccc1[N+](=O)[O-]. The molecule has 5 heteroatoms. The van der Waals surface area contributed by atoms with Gasteiger partial charge in [-0.3, -0.25) is 10.1 Å². The van der Waals surface area contributed by atoms with Crippen molar-refractivity contribution in [2.75, 3.05) is 13.7 Å². The molecule has 0 unspecified atom stereocenters. The molecule has 0 heterocycles. The van der Waals surface area contributed by atoms with Crippen LogP contribution in [0, 0.1) is 10.1 Å². The van der Waals surface area contributed by atoms with Crippen LogP contribution >= 0.6 is 0 Å². The maximum atomic E-state index is 11.8. The van der Waals surface area contributed by atoms with Gasteiger partial charge in [0.2, 0.25) is 0 Å². The van der Waals surface area contributed by atoms with Gasteiger partial charge in [-0.25, -0.2) is 0 Å². The van der Waals surface area contributed by atoms with Crippen molar-refractivity contribution in [2.45, 2.75) is 19.8 Å². The fraction of sp³-hybridized carbons (Fsp3) is 0.217. The van der Waals surface area contributed by atoms with E-state index < -0.39 is 0 Å². The minimum atomic E-state index is -0.345. The van der Waals surface area contributed by atoms with E-state index in [-0.39, 0.29) is 10.6 Å². The molecule has 0 atom stereocenters. The molecule has 0 aromatic heterocycles. The number of rotatable bonds is 8. The summed E-state index contributed by atoms with van der Waals surface area (Å²) in [6, 6.07) is 20.2. The van der Waals surface area contributed by atoms with Gasteiger partial charge in [0, 0.05) is 17.7 Å². The highest BCUT2D eigenvalue weighted by molar-refractivity contribution is 5.92. The maximum Gasteiger partial charge on any atom is 0.277 e. The summed E-state index contributed by atoms with van der Waals surface area (Å²) in [4.78, 5) is 11.5. The molecule has 3 aromatic carbocycles. The van der Waals surface area contributed by atoms with Gasteiger partial charge < -0.3 is 9.47 Å². The molecular formula is C23H23NO4. The zero-order valence-electron chi connectivity index (χ0n) is 16.1. The number of methoxy groups -OCH3 is 1. The summed E-state index contributed by atoms with van der Waals surface area (Å²) in [5.74, 6) is 1.23. The Morgan fingerprint density at radius 3 is 2.43 bits per heavy atom. The second-order valence-corrected chi connectivity index (χ2v) is 6.39. The van der Waals surface area contributed by atoms with E-state index in [9.17, 15) is 10.1 Å². The van der Waals surface area contributed by atoms with Crippen LogP contribution in [0.3, 0.4) is 0 Å². The molecular weight excluding hydrogens is 354 g/mol. The van der Waals surface area contributed by atoms with Gasteiger partial charge in [-0.15, -0.1) is 0 Å². The standard InChI is InChI=1S/C23H23NO4/c1-3-4-15-28-22-16-18(27-2)13-14-20(22)23-19(17-9-6-5-7-10-17)11-8-12-21(23)24(25)26/h5-14,16H,3-4,15H2,1-2H3. The minimum Gasteiger partial charge on any atom is -0.497 e. The van der Waals surface area contributed by atoms with Gasteiger partial charge in [0.25, 0.3) is 5.69 Å². The van der Waals surface area contributed by atoms with Crippen molar-refractivity contribution in [1.29, 1.82) is 0 Å². The number of hydrogen-bond donors (Lipinski definition) is 0. The summed E-state index contributed by atoms with van der Waals surface area (Å²) >= 11 is 0. The summed E-state index contributed by atoms with van der Waals surface area (Å²) in [5.41, 5.74) is 2.99. The highest BCUT2D eigenvalue weighted by Gasteiger charge is 2.23. The molecule has 3 aromatic rings. The van der Waals surface area contributed by atoms with Crippen molar-refractivity contribution in [2.24, 2.45) is 0 Å². The lowest BCUT2D eigenvalue weighted by Crippen LogP contribution is -2.01. The molecule has 28 heavy (non-hydrogen) atoms. The Morgan fingerprint density at radius 2 is 1.75 bits per heavy atom. The zero-order valence-corrected chi connectivity index (χ0v) is 16.1. The van der Waals surface area contributed by atoms with Crippen LogP contribution in [-0.4, -0.2) is 18.6 Å². The topological polar surface area (TPSA) is 61.6 Å². The van der Waals surface area contributed by atoms with Crippen molar-refractivity contribution in [1.82, 2.24) is 0 Å². The second kappa shape index (κ2) is 9.04. The third-order valence-electron chi connectivity index (χ3n) is 4.54. The first-order chi connectivity index (χ1) is 13.7. The molecule has 5 nitrogen and oxygen atoms in total. The van der Waals surface area contributed by atoms with E-state index in [0.29, 0.717) is 29.2 Å². The van der Waals surface area contributed by atoms with E-state index in [4.69, 9.17) is 9.47 Å². The van der Waals surface area contributed by atoms with E-state index in [0.717, 1.165) is 24.0 Å². The van der Waals surface area contributed by atoms with Crippen LogP contribution in [-0.2, 0) is 0 Å². The van der Waals surface area contributed by atoms with Crippen LogP contribution in [0.25, 0.3) is 22.3 Å². The van der Waals surface area contributed by atoms with Crippen LogP contribution < -0.4 is 9.47 Å². The number of nitrogens with zero attached hydrogens (tertiary/aromatic N) is 1. The first-order valence-electron chi connectivity index (χ1n) is 9.29. The van der Waals surface area contributed by atoms with Crippen molar-refractivity contribution >= 4 is 5.69 Å². The van der Waals surface area contributed by atoms with Crippen LogP contribution in [0.2, 0.25) is 0 Å². The number of nitro groups is 1. The predicted molar refractivity (Wildman–Crippen MR) is 111 cm³/mol. The highest BCUT2D eigenvalue weighted by Crippen LogP contribution is 2.44. The molecule has 0 spiro atoms. The average Bonchev–Trinajstić information content (AvgIpc) is 2.74. The Kier molecular flexibility index (Phi) is 6.27. The largest absolute Gasteiger partial charge is 0.497 e.